The second-order valence-electron chi connectivity index (χ2n) is 3.81. The Balaban J connectivity index is 2.46. The van der Waals surface area contributed by atoms with Crippen LogP contribution in [0.3, 0.4) is 0 Å². The van der Waals surface area contributed by atoms with Gasteiger partial charge in [-0.3, -0.25) is 0 Å². The van der Waals surface area contributed by atoms with E-state index in [0.29, 0.717) is 5.82 Å². The fourth-order valence-electron chi connectivity index (χ4n) is 1.40. The second kappa shape index (κ2) is 4.25. The molecule has 0 aliphatic heterocycles. The lowest BCUT2D eigenvalue weighted by atomic mass is 10.2. The van der Waals surface area contributed by atoms with Gasteiger partial charge in [0.2, 0.25) is 0 Å². The first-order chi connectivity index (χ1) is 8.00. The molecule has 2 aromatic rings. The Hall–Kier alpha value is -1.76. The van der Waals surface area contributed by atoms with Crippen LogP contribution < -0.4 is 0 Å². The molecule has 6 nitrogen and oxygen atoms in total. The molecule has 0 saturated carbocycles. The molecule has 90 valence electrons. The van der Waals surface area contributed by atoms with E-state index in [2.05, 4.69) is 15.5 Å². The highest BCUT2D eigenvalue weighted by atomic mass is 32.1. The summed E-state index contributed by atoms with van der Waals surface area (Å²) in [5.74, 6) is -0.454. The number of rotatable bonds is 3. The number of tetrazole rings is 1. The summed E-state index contributed by atoms with van der Waals surface area (Å²) >= 11 is 1.56. The Labute approximate surface area is 102 Å². The number of carboxylic acids is 1. The molecule has 0 spiro atoms. The summed E-state index contributed by atoms with van der Waals surface area (Å²) in [6, 6.07) is 1.19. The number of aryl methyl sites for hydroxylation is 2. The number of aromatic nitrogens is 4. The van der Waals surface area contributed by atoms with E-state index >= 15 is 0 Å². The number of hydrogen-bond donors (Lipinski definition) is 1. The van der Waals surface area contributed by atoms with E-state index in [4.69, 9.17) is 5.11 Å². The van der Waals surface area contributed by atoms with Crippen molar-refractivity contribution in [2.24, 2.45) is 0 Å². The zero-order valence-corrected chi connectivity index (χ0v) is 10.5. The van der Waals surface area contributed by atoms with Gasteiger partial charge in [0.05, 0.1) is 4.88 Å². The van der Waals surface area contributed by atoms with Crippen molar-refractivity contribution in [2.45, 2.75) is 26.8 Å². The lowest BCUT2D eigenvalue weighted by Gasteiger charge is -2.06. The molecule has 17 heavy (non-hydrogen) atoms. The van der Waals surface area contributed by atoms with Gasteiger partial charge in [-0.1, -0.05) is 0 Å². The van der Waals surface area contributed by atoms with Gasteiger partial charge in [-0.15, -0.1) is 16.4 Å². The standard InChI is InChI=1S/C10H12N4O2S/c1-5-4-8(17-7(5)3)9-11-12-13-14(9)6(2)10(15)16/h4,6H,1-3H3,(H,15,16). The average Bonchev–Trinajstić information content (AvgIpc) is 2.85. The molecule has 1 N–H and O–H groups in total. The Morgan fingerprint density at radius 3 is 2.76 bits per heavy atom. The van der Waals surface area contributed by atoms with Crippen LogP contribution in [0.5, 0.6) is 0 Å². The van der Waals surface area contributed by atoms with Crippen molar-refractivity contribution in [3.63, 3.8) is 0 Å². The van der Waals surface area contributed by atoms with Crippen LogP contribution in [0.4, 0.5) is 0 Å². The smallest absolute Gasteiger partial charge is 0.328 e. The minimum absolute atomic E-state index is 0.501. The summed E-state index contributed by atoms with van der Waals surface area (Å²) in [5, 5.41) is 20.1. The van der Waals surface area contributed by atoms with Crippen molar-refractivity contribution in [3.8, 4) is 10.7 Å². The lowest BCUT2D eigenvalue weighted by Crippen LogP contribution is -2.17. The summed E-state index contributed by atoms with van der Waals surface area (Å²) in [6.45, 7) is 5.57. The van der Waals surface area contributed by atoms with Crippen LogP contribution in [-0.4, -0.2) is 31.3 Å². The van der Waals surface area contributed by atoms with Crippen molar-refractivity contribution in [3.05, 3.63) is 16.5 Å². The number of aliphatic carboxylic acids is 1. The zero-order valence-electron chi connectivity index (χ0n) is 9.71. The van der Waals surface area contributed by atoms with Gasteiger partial charge in [0.15, 0.2) is 11.9 Å². The molecule has 0 bridgehead atoms. The molecule has 0 aromatic carbocycles. The van der Waals surface area contributed by atoms with E-state index in [0.717, 1.165) is 10.4 Å². The summed E-state index contributed by atoms with van der Waals surface area (Å²) < 4.78 is 1.33. The molecule has 0 fully saturated rings. The van der Waals surface area contributed by atoms with Gasteiger partial charge < -0.3 is 5.11 Å². The highest BCUT2D eigenvalue weighted by Crippen LogP contribution is 2.29. The molecule has 1 unspecified atom stereocenters. The molecule has 0 saturated heterocycles. The number of carbonyl (C=O) groups is 1. The molecular weight excluding hydrogens is 240 g/mol. The van der Waals surface area contributed by atoms with Crippen molar-refractivity contribution in [1.29, 1.82) is 0 Å². The number of carboxylic acid groups (broad SMARTS) is 1. The third-order valence-electron chi connectivity index (χ3n) is 2.60. The van der Waals surface area contributed by atoms with Crippen LogP contribution in [0.2, 0.25) is 0 Å². The Morgan fingerprint density at radius 2 is 2.24 bits per heavy atom. The average molecular weight is 252 g/mol. The highest BCUT2D eigenvalue weighted by molar-refractivity contribution is 7.15. The highest BCUT2D eigenvalue weighted by Gasteiger charge is 2.21. The third-order valence-corrected chi connectivity index (χ3v) is 3.75. The first-order valence-electron chi connectivity index (χ1n) is 5.08. The molecule has 0 radical (unpaired) electrons. The molecule has 2 heterocycles. The summed E-state index contributed by atoms with van der Waals surface area (Å²) in [7, 11) is 0. The maximum Gasteiger partial charge on any atom is 0.328 e. The molecule has 0 aliphatic carbocycles. The van der Waals surface area contributed by atoms with Gasteiger partial charge in [0.1, 0.15) is 0 Å². The topological polar surface area (TPSA) is 80.9 Å². The Morgan fingerprint density at radius 1 is 1.53 bits per heavy atom. The molecule has 0 amide bonds. The van der Waals surface area contributed by atoms with Crippen molar-refractivity contribution < 1.29 is 9.90 Å². The molecule has 2 rings (SSSR count). The van der Waals surface area contributed by atoms with Crippen LogP contribution in [-0.2, 0) is 4.79 Å². The van der Waals surface area contributed by atoms with Gasteiger partial charge >= 0.3 is 5.97 Å². The van der Waals surface area contributed by atoms with E-state index in [1.165, 1.54) is 9.56 Å². The van der Waals surface area contributed by atoms with Crippen LogP contribution >= 0.6 is 11.3 Å². The molecule has 0 aliphatic rings. The maximum atomic E-state index is 10.9. The third kappa shape index (κ3) is 2.05. The van der Waals surface area contributed by atoms with E-state index in [1.54, 1.807) is 18.3 Å². The number of nitrogens with zero attached hydrogens (tertiary/aromatic N) is 4. The van der Waals surface area contributed by atoms with Gasteiger partial charge in [-0.05, 0) is 42.8 Å². The van der Waals surface area contributed by atoms with E-state index in [-0.39, 0.29) is 0 Å². The SMILES string of the molecule is Cc1cc(-c2nnnn2C(C)C(=O)O)sc1C. The fourth-order valence-corrected chi connectivity index (χ4v) is 2.42. The summed E-state index contributed by atoms with van der Waals surface area (Å²) in [4.78, 5) is 13.0. The van der Waals surface area contributed by atoms with Crippen LogP contribution in [0.25, 0.3) is 10.7 Å². The zero-order chi connectivity index (χ0) is 12.6. The number of hydrogen-bond acceptors (Lipinski definition) is 5. The summed E-state index contributed by atoms with van der Waals surface area (Å²) in [5.41, 5.74) is 1.16. The van der Waals surface area contributed by atoms with Gasteiger partial charge in [0, 0.05) is 4.88 Å². The fraction of sp³-hybridized carbons (Fsp3) is 0.400. The molecule has 2 aromatic heterocycles. The van der Waals surface area contributed by atoms with Gasteiger partial charge in [-0.2, -0.15) is 0 Å². The van der Waals surface area contributed by atoms with Gasteiger partial charge in [-0.25, -0.2) is 9.48 Å². The van der Waals surface area contributed by atoms with Crippen molar-refractivity contribution in [1.82, 2.24) is 20.2 Å². The predicted molar refractivity (Wildman–Crippen MR) is 63.0 cm³/mol. The predicted octanol–water partition coefficient (Wildman–Crippen LogP) is 1.66. The van der Waals surface area contributed by atoms with Crippen LogP contribution in [0, 0.1) is 13.8 Å². The minimum Gasteiger partial charge on any atom is -0.480 e. The van der Waals surface area contributed by atoms with E-state index < -0.39 is 12.0 Å². The van der Waals surface area contributed by atoms with Crippen LogP contribution in [0.15, 0.2) is 6.07 Å². The van der Waals surface area contributed by atoms with Crippen molar-refractivity contribution in [2.75, 3.05) is 0 Å². The maximum absolute atomic E-state index is 10.9. The monoisotopic (exact) mass is 252 g/mol. The van der Waals surface area contributed by atoms with Crippen molar-refractivity contribution >= 4 is 17.3 Å². The van der Waals surface area contributed by atoms with Gasteiger partial charge in [0.25, 0.3) is 0 Å². The van der Waals surface area contributed by atoms with Crippen LogP contribution in [0.1, 0.15) is 23.4 Å². The normalized spacial score (nSPS) is 12.6. The first-order valence-corrected chi connectivity index (χ1v) is 5.90. The van der Waals surface area contributed by atoms with E-state index in [9.17, 15) is 4.79 Å². The molecular formula is C10H12N4O2S. The number of thiophene rings is 1. The Kier molecular flexibility index (Phi) is 2.93. The largest absolute Gasteiger partial charge is 0.480 e. The summed E-state index contributed by atoms with van der Waals surface area (Å²) in [6.07, 6.45) is 0. The first kappa shape index (κ1) is 11.7. The van der Waals surface area contributed by atoms with E-state index in [1.807, 2.05) is 19.9 Å². The lowest BCUT2D eigenvalue weighted by molar-refractivity contribution is -0.140. The molecule has 1 atom stereocenters. The Bertz CT molecular complexity index is 541. The minimum atomic E-state index is -0.955. The molecule has 7 heteroatoms. The quantitative estimate of drug-likeness (QED) is 0.898. The second-order valence-corrected chi connectivity index (χ2v) is 5.07.